The normalized spacial score (nSPS) is 14.6. The minimum absolute atomic E-state index is 0.692. The molecular formula is C22H23N5O2. The molecule has 3 heterocycles. The summed E-state index contributed by atoms with van der Waals surface area (Å²) in [4.78, 5) is 17.4. The highest BCUT2D eigenvalue weighted by molar-refractivity contribution is 6.09. The van der Waals surface area contributed by atoms with Crippen molar-refractivity contribution in [1.82, 2.24) is 15.0 Å². The number of rotatable bonds is 4. The SMILES string of the molecule is COc1cc2[nH]c3c(N4CCN(c5ccccc5)CC4)ncnc3c2cc1OC. The number of H-pyrrole nitrogens is 1. The van der Waals surface area contributed by atoms with Gasteiger partial charge in [-0.25, -0.2) is 9.97 Å². The van der Waals surface area contributed by atoms with Gasteiger partial charge >= 0.3 is 0 Å². The lowest BCUT2D eigenvalue weighted by Crippen LogP contribution is -2.46. The lowest BCUT2D eigenvalue weighted by Gasteiger charge is -2.36. The first kappa shape index (κ1) is 17.6. The second-order valence-corrected chi connectivity index (χ2v) is 7.11. The second-order valence-electron chi connectivity index (χ2n) is 7.11. The summed E-state index contributed by atoms with van der Waals surface area (Å²) < 4.78 is 10.9. The number of piperazine rings is 1. The molecular weight excluding hydrogens is 366 g/mol. The summed E-state index contributed by atoms with van der Waals surface area (Å²) in [6, 6.07) is 14.5. The highest BCUT2D eigenvalue weighted by Crippen LogP contribution is 2.37. The highest BCUT2D eigenvalue weighted by Gasteiger charge is 2.22. The van der Waals surface area contributed by atoms with E-state index in [1.54, 1.807) is 20.5 Å². The number of ether oxygens (including phenoxy) is 2. The minimum Gasteiger partial charge on any atom is -0.493 e. The average molecular weight is 389 g/mol. The number of hydrogen-bond acceptors (Lipinski definition) is 6. The fraction of sp³-hybridized carbons (Fsp3) is 0.273. The number of nitrogens with one attached hydrogen (secondary N) is 1. The topological polar surface area (TPSA) is 66.5 Å². The van der Waals surface area contributed by atoms with Gasteiger partial charge in [0.15, 0.2) is 17.3 Å². The van der Waals surface area contributed by atoms with Crippen LogP contribution in [0, 0.1) is 0 Å². The van der Waals surface area contributed by atoms with Gasteiger partial charge in [-0.1, -0.05) is 18.2 Å². The molecule has 29 heavy (non-hydrogen) atoms. The Morgan fingerprint density at radius 3 is 2.28 bits per heavy atom. The van der Waals surface area contributed by atoms with Crippen molar-refractivity contribution in [3.05, 3.63) is 48.8 Å². The maximum Gasteiger partial charge on any atom is 0.162 e. The summed E-state index contributed by atoms with van der Waals surface area (Å²) in [6.45, 7) is 3.72. The first-order valence-electron chi connectivity index (χ1n) is 9.72. The Balaban J connectivity index is 1.49. The molecule has 0 amide bonds. The van der Waals surface area contributed by atoms with Gasteiger partial charge in [0.1, 0.15) is 17.4 Å². The molecule has 2 aromatic carbocycles. The maximum absolute atomic E-state index is 5.46. The van der Waals surface area contributed by atoms with Crippen molar-refractivity contribution in [3.8, 4) is 11.5 Å². The molecule has 4 aromatic rings. The molecule has 1 N–H and O–H groups in total. The molecule has 1 fully saturated rings. The zero-order valence-corrected chi connectivity index (χ0v) is 16.6. The lowest BCUT2D eigenvalue weighted by atomic mass is 10.2. The van der Waals surface area contributed by atoms with E-state index in [0.29, 0.717) is 11.5 Å². The van der Waals surface area contributed by atoms with Crippen LogP contribution in [0.1, 0.15) is 0 Å². The predicted octanol–water partition coefficient (Wildman–Crippen LogP) is 3.45. The van der Waals surface area contributed by atoms with E-state index < -0.39 is 0 Å². The number of hydrogen-bond donors (Lipinski definition) is 1. The van der Waals surface area contributed by atoms with Crippen molar-refractivity contribution in [2.45, 2.75) is 0 Å². The Morgan fingerprint density at radius 1 is 0.862 bits per heavy atom. The minimum atomic E-state index is 0.692. The van der Waals surface area contributed by atoms with Crippen LogP contribution in [0.2, 0.25) is 0 Å². The van der Waals surface area contributed by atoms with Crippen molar-refractivity contribution in [1.29, 1.82) is 0 Å². The molecule has 7 heteroatoms. The average Bonchev–Trinajstić information content (AvgIpc) is 3.16. The Labute approximate surface area is 168 Å². The molecule has 2 aromatic heterocycles. The van der Waals surface area contributed by atoms with Crippen LogP contribution in [0.25, 0.3) is 21.9 Å². The van der Waals surface area contributed by atoms with E-state index >= 15 is 0 Å². The number of aromatic nitrogens is 3. The van der Waals surface area contributed by atoms with Crippen LogP contribution in [0.4, 0.5) is 11.5 Å². The van der Waals surface area contributed by atoms with Gasteiger partial charge < -0.3 is 24.3 Å². The molecule has 1 saturated heterocycles. The van der Waals surface area contributed by atoms with E-state index in [0.717, 1.165) is 53.9 Å². The first-order valence-corrected chi connectivity index (χ1v) is 9.72. The summed E-state index contributed by atoms with van der Waals surface area (Å²) in [7, 11) is 3.29. The monoisotopic (exact) mass is 389 g/mol. The Hall–Kier alpha value is -3.48. The molecule has 0 aliphatic carbocycles. The van der Waals surface area contributed by atoms with Crippen molar-refractivity contribution >= 4 is 33.4 Å². The second kappa shape index (κ2) is 7.16. The van der Waals surface area contributed by atoms with Gasteiger partial charge in [-0.15, -0.1) is 0 Å². The molecule has 7 nitrogen and oxygen atoms in total. The molecule has 0 bridgehead atoms. The summed E-state index contributed by atoms with van der Waals surface area (Å²) in [5, 5.41) is 1.00. The van der Waals surface area contributed by atoms with Crippen LogP contribution < -0.4 is 19.3 Å². The molecule has 0 atom stereocenters. The number of para-hydroxylation sites is 1. The third-order valence-corrected chi connectivity index (χ3v) is 5.57. The summed E-state index contributed by atoms with van der Waals surface area (Å²) >= 11 is 0. The standard InChI is InChI=1S/C22H23N5O2/c1-28-18-12-16-17(13-19(18)29-2)25-21-20(16)23-14-24-22(21)27-10-8-26(9-11-27)15-6-4-3-5-7-15/h3-7,12-14,25H,8-11H2,1-2H3. The maximum atomic E-state index is 5.46. The van der Waals surface area contributed by atoms with Crippen molar-refractivity contribution < 1.29 is 9.47 Å². The van der Waals surface area contributed by atoms with Gasteiger partial charge in [-0.05, 0) is 18.2 Å². The molecule has 1 aliphatic heterocycles. The smallest absolute Gasteiger partial charge is 0.162 e. The number of benzene rings is 2. The Bertz CT molecular complexity index is 1150. The van der Waals surface area contributed by atoms with E-state index in [2.05, 4.69) is 55.1 Å². The lowest BCUT2D eigenvalue weighted by molar-refractivity contribution is 0.356. The molecule has 0 radical (unpaired) electrons. The van der Waals surface area contributed by atoms with Crippen molar-refractivity contribution in [2.24, 2.45) is 0 Å². The molecule has 1 aliphatic rings. The first-order chi connectivity index (χ1) is 14.3. The quantitative estimate of drug-likeness (QED) is 0.577. The van der Waals surface area contributed by atoms with E-state index in [1.165, 1.54) is 5.69 Å². The third kappa shape index (κ3) is 2.99. The van der Waals surface area contributed by atoms with Gasteiger partial charge in [0.2, 0.25) is 0 Å². The molecule has 148 valence electrons. The van der Waals surface area contributed by atoms with E-state index in [4.69, 9.17) is 9.47 Å². The van der Waals surface area contributed by atoms with Crippen LogP contribution in [-0.2, 0) is 0 Å². The molecule has 0 unspecified atom stereocenters. The van der Waals surface area contributed by atoms with Crippen LogP contribution >= 0.6 is 0 Å². The largest absolute Gasteiger partial charge is 0.493 e. The molecule has 5 rings (SSSR count). The highest BCUT2D eigenvalue weighted by atomic mass is 16.5. The van der Waals surface area contributed by atoms with Crippen LogP contribution in [0.15, 0.2) is 48.8 Å². The zero-order valence-electron chi connectivity index (χ0n) is 16.6. The molecule has 0 spiro atoms. The summed E-state index contributed by atoms with van der Waals surface area (Å²) in [5.74, 6) is 2.33. The number of aromatic amines is 1. The van der Waals surface area contributed by atoms with E-state index in [1.807, 2.05) is 12.1 Å². The number of fused-ring (bicyclic) bond motifs is 3. The predicted molar refractivity (Wildman–Crippen MR) is 115 cm³/mol. The van der Waals surface area contributed by atoms with Gasteiger partial charge in [0.05, 0.1) is 19.7 Å². The van der Waals surface area contributed by atoms with Crippen LogP contribution in [0.5, 0.6) is 11.5 Å². The molecule has 0 saturated carbocycles. The number of nitrogens with zero attached hydrogens (tertiary/aromatic N) is 4. The van der Waals surface area contributed by atoms with Gasteiger partial charge in [0, 0.05) is 43.3 Å². The van der Waals surface area contributed by atoms with Gasteiger partial charge in [-0.3, -0.25) is 0 Å². The summed E-state index contributed by atoms with van der Waals surface area (Å²) in [6.07, 6.45) is 1.64. The van der Waals surface area contributed by atoms with Crippen molar-refractivity contribution in [3.63, 3.8) is 0 Å². The zero-order chi connectivity index (χ0) is 19.8. The van der Waals surface area contributed by atoms with Crippen molar-refractivity contribution in [2.75, 3.05) is 50.2 Å². The Kier molecular flexibility index (Phi) is 4.35. The van der Waals surface area contributed by atoms with Crippen LogP contribution in [-0.4, -0.2) is 55.4 Å². The van der Waals surface area contributed by atoms with Gasteiger partial charge in [-0.2, -0.15) is 0 Å². The fourth-order valence-corrected chi connectivity index (χ4v) is 4.06. The van der Waals surface area contributed by atoms with Crippen LogP contribution in [0.3, 0.4) is 0 Å². The Morgan fingerprint density at radius 2 is 1.55 bits per heavy atom. The third-order valence-electron chi connectivity index (χ3n) is 5.57. The van der Waals surface area contributed by atoms with Gasteiger partial charge in [0.25, 0.3) is 0 Å². The fourth-order valence-electron chi connectivity index (χ4n) is 4.06. The van der Waals surface area contributed by atoms with E-state index in [-0.39, 0.29) is 0 Å². The summed E-state index contributed by atoms with van der Waals surface area (Å²) in [5.41, 5.74) is 4.08. The number of methoxy groups -OCH3 is 2. The number of anilines is 2. The van der Waals surface area contributed by atoms with E-state index in [9.17, 15) is 0 Å².